The van der Waals surface area contributed by atoms with Crippen LogP contribution in [0, 0.1) is 11.8 Å². The molecule has 1 aromatic carbocycles. The van der Waals surface area contributed by atoms with Gasteiger partial charge < -0.3 is 20.6 Å². The van der Waals surface area contributed by atoms with Crippen molar-refractivity contribution >= 4 is 29.5 Å². The van der Waals surface area contributed by atoms with Crippen molar-refractivity contribution < 1.29 is 19.5 Å². The van der Waals surface area contributed by atoms with E-state index in [-0.39, 0.29) is 47.6 Å². The van der Waals surface area contributed by atoms with Gasteiger partial charge in [-0.1, -0.05) is 52.3 Å². The third kappa shape index (κ3) is 4.39. The Balaban J connectivity index is 1.84. The van der Waals surface area contributed by atoms with E-state index in [1.807, 2.05) is 59.7 Å². The van der Waals surface area contributed by atoms with Crippen molar-refractivity contribution in [2.24, 2.45) is 11.8 Å². The van der Waals surface area contributed by atoms with Crippen LogP contribution >= 0.6 is 11.8 Å². The van der Waals surface area contributed by atoms with Crippen LogP contribution in [0.25, 0.3) is 0 Å². The van der Waals surface area contributed by atoms with Crippen LogP contribution in [0.2, 0.25) is 0 Å². The molecule has 0 bridgehead atoms. The molecule has 2 aliphatic heterocycles. The molecule has 1 aromatic rings. The topological polar surface area (TPSA) is 98.7 Å². The molecule has 1 saturated heterocycles. The number of carbonyl (C=O) groups is 3. The number of benzene rings is 1. The van der Waals surface area contributed by atoms with Crippen molar-refractivity contribution in [3.8, 4) is 0 Å². The van der Waals surface area contributed by atoms with Crippen LogP contribution in [0.1, 0.15) is 69.3 Å². The molecule has 8 heteroatoms. The first kappa shape index (κ1) is 24.6. The zero-order chi connectivity index (χ0) is 23.8. The van der Waals surface area contributed by atoms with E-state index < -0.39 is 16.8 Å². The van der Waals surface area contributed by atoms with Gasteiger partial charge in [-0.15, -0.1) is 11.8 Å². The molecule has 5 atom stereocenters. The molecule has 2 aliphatic rings. The summed E-state index contributed by atoms with van der Waals surface area (Å²) in [4.78, 5) is 41.5. The lowest BCUT2D eigenvalue weighted by molar-refractivity contribution is -0.133. The number of aliphatic hydroxyl groups is 1. The molecular formula is C24H35N3O4S. The zero-order valence-corrected chi connectivity index (χ0v) is 20.5. The smallest absolute Gasteiger partial charge is 0.256 e. The Hall–Kier alpha value is -2.06. The Morgan fingerprint density at radius 3 is 2.44 bits per heavy atom. The number of nitrogens with one attached hydrogen (secondary N) is 2. The van der Waals surface area contributed by atoms with Gasteiger partial charge in [-0.25, -0.2) is 0 Å². The number of fused-ring (bicyclic) bond motifs is 3. The van der Waals surface area contributed by atoms with E-state index in [1.54, 1.807) is 22.7 Å². The van der Waals surface area contributed by atoms with Gasteiger partial charge >= 0.3 is 0 Å². The molecule has 0 spiro atoms. The highest BCUT2D eigenvalue weighted by Gasteiger charge is 2.57. The fraction of sp³-hybridized carbons (Fsp3) is 0.625. The second kappa shape index (κ2) is 9.43. The molecule has 3 rings (SSSR count). The molecule has 32 heavy (non-hydrogen) atoms. The number of rotatable bonds is 8. The van der Waals surface area contributed by atoms with Gasteiger partial charge in [-0.2, -0.15) is 0 Å². The van der Waals surface area contributed by atoms with Gasteiger partial charge in [0.15, 0.2) is 0 Å². The molecule has 7 nitrogen and oxygen atoms in total. The molecule has 3 N–H and O–H groups in total. The van der Waals surface area contributed by atoms with E-state index in [0.29, 0.717) is 12.0 Å². The first-order valence-corrected chi connectivity index (χ1v) is 12.2. The van der Waals surface area contributed by atoms with Crippen LogP contribution in [-0.2, 0) is 9.59 Å². The van der Waals surface area contributed by atoms with Gasteiger partial charge in [0.05, 0.1) is 12.6 Å². The summed E-state index contributed by atoms with van der Waals surface area (Å²) in [6.07, 6.45) is 0.698. The lowest BCUT2D eigenvalue weighted by Crippen LogP contribution is -2.59. The van der Waals surface area contributed by atoms with E-state index in [0.717, 1.165) is 5.56 Å². The first-order chi connectivity index (χ1) is 15.0. The van der Waals surface area contributed by atoms with Crippen molar-refractivity contribution in [3.05, 3.63) is 35.4 Å². The molecule has 176 valence electrons. The number of amides is 3. The minimum Gasteiger partial charge on any atom is -0.394 e. The summed E-state index contributed by atoms with van der Waals surface area (Å²) in [5.41, 5.74) is 1.57. The van der Waals surface area contributed by atoms with Crippen LogP contribution < -0.4 is 10.6 Å². The van der Waals surface area contributed by atoms with Gasteiger partial charge in [0.25, 0.3) is 5.91 Å². The fourth-order valence-electron chi connectivity index (χ4n) is 4.43. The predicted molar refractivity (Wildman–Crippen MR) is 126 cm³/mol. The van der Waals surface area contributed by atoms with Crippen molar-refractivity contribution in [1.82, 2.24) is 15.5 Å². The van der Waals surface area contributed by atoms with E-state index >= 15 is 0 Å². The Labute approximate surface area is 194 Å². The second-order valence-electron chi connectivity index (χ2n) is 9.69. The fourth-order valence-corrected chi connectivity index (χ4v) is 6.02. The van der Waals surface area contributed by atoms with Crippen LogP contribution in [0.3, 0.4) is 0 Å². The summed E-state index contributed by atoms with van der Waals surface area (Å²) in [6, 6.07) is 5.65. The minimum absolute atomic E-state index is 0.0592. The third-order valence-corrected chi connectivity index (χ3v) is 8.20. The second-order valence-corrected chi connectivity index (χ2v) is 11.4. The summed E-state index contributed by atoms with van der Waals surface area (Å²) >= 11 is 1.60. The molecule has 0 aliphatic carbocycles. The van der Waals surface area contributed by atoms with Gasteiger partial charge in [-0.3, -0.25) is 14.4 Å². The predicted octanol–water partition coefficient (Wildman–Crippen LogP) is 2.70. The quantitative estimate of drug-likeness (QED) is 0.553. The molecule has 0 saturated carbocycles. The van der Waals surface area contributed by atoms with Crippen molar-refractivity contribution in [3.63, 3.8) is 0 Å². The normalized spacial score (nSPS) is 24.0. The van der Waals surface area contributed by atoms with Crippen molar-refractivity contribution in [2.45, 2.75) is 76.2 Å². The average Bonchev–Trinajstić information content (AvgIpc) is 3.18. The van der Waals surface area contributed by atoms with Crippen LogP contribution in [0.5, 0.6) is 0 Å². The van der Waals surface area contributed by atoms with E-state index in [9.17, 15) is 19.5 Å². The Kier molecular flexibility index (Phi) is 7.25. The largest absolute Gasteiger partial charge is 0.394 e. The minimum atomic E-state index is -0.750. The maximum Gasteiger partial charge on any atom is 0.256 e. The number of nitrogens with zero attached hydrogens (tertiary/aromatic N) is 1. The van der Waals surface area contributed by atoms with Crippen LogP contribution in [0.15, 0.2) is 24.3 Å². The summed E-state index contributed by atoms with van der Waals surface area (Å²) < 4.78 is -0.514. The number of aliphatic hydroxyl groups excluding tert-OH is 1. The summed E-state index contributed by atoms with van der Waals surface area (Å²) in [5, 5.41) is 15.2. The third-order valence-electron chi connectivity index (χ3n) is 6.67. The molecule has 1 fully saturated rings. The molecule has 0 unspecified atom stereocenters. The highest BCUT2D eigenvalue weighted by atomic mass is 32.2. The van der Waals surface area contributed by atoms with Gasteiger partial charge in [0, 0.05) is 10.3 Å². The lowest BCUT2D eigenvalue weighted by atomic mass is 9.95. The maximum absolute atomic E-state index is 13.6. The standard InChI is InChI=1S/C24H35N3O4S/c1-7-14(4)18(20(29)25-17(12-28)13(2)3)26-21(30)19-24(5,6)32-23-16-11-9-8-10-15(16)22(31)27(19)23/h8-11,13-14,17-19,23,28H,7,12H2,1-6H3,(H,25,29)(H,26,30)/t14-,17-,18-,19-,23+/m0/s1. The van der Waals surface area contributed by atoms with Crippen molar-refractivity contribution in [1.29, 1.82) is 0 Å². The maximum atomic E-state index is 13.6. The SMILES string of the molecule is CC[C@H](C)[C@H](NC(=O)[C@@H]1N2C(=O)c3ccccc3[C@H]2SC1(C)C)C(=O)N[C@@H](CO)C(C)C. The van der Waals surface area contributed by atoms with E-state index in [1.165, 1.54) is 0 Å². The number of hydrogen-bond acceptors (Lipinski definition) is 5. The average molecular weight is 462 g/mol. The number of carbonyl (C=O) groups excluding carboxylic acids is 3. The monoisotopic (exact) mass is 461 g/mol. The van der Waals surface area contributed by atoms with E-state index in [4.69, 9.17) is 0 Å². The zero-order valence-electron chi connectivity index (χ0n) is 19.7. The van der Waals surface area contributed by atoms with Crippen LogP contribution in [-0.4, -0.2) is 57.2 Å². The van der Waals surface area contributed by atoms with Gasteiger partial charge in [0.2, 0.25) is 11.8 Å². The van der Waals surface area contributed by atoms with Crippen molar-refractivity contribution in [2.75, 3.05) is 6.61 Å². The molecule has 3 amide bonds. The highest BCUT2D eigenvalue weighted by Crippen LogP contribution is 2.56. The number of thioether (sulfide) groups is 1. The summed E-state index contributed by atoms with van der Waals surface area (Å²) in [6.45, 7) is 11.5. The summed E-state index contributed by atoms with van der Waals surface area (Å²) in [5.74, 6) is -0.824. The first-order valence-electron chi connectivity index (χ1n) is 11.3. The Morgan fingerprint density at radius 2 is 1.84 bits per heavy atom. The van der Waals surface area contributed by atoms with Gasteiger partial charge in [-0.05, 0) is 37.3 Å². The Morgan fingerprint density at radius 1 is 1.19 bits per heavy atom. The summed E-state index contributed by atoms with van der Waals surface area (Å²) in [7, 11) is 0. The molecular weight excluding hydrogens is 426 g/mol. The Bertz CT molecular complexity index is 888. The number of hydrogen-bond donors (Lipinski definition) is 3. The van der Waals surface area contributed by atoms with Gasteiger partial charge in [0.1, 0.15) is 17.5 Å². The molecule has 2 heterocycles. The highest BCUT2D eigenvalue weighted by molar-refractivity contribution is 8.01. The molecule has 0 radical (unpaired) electrons. The van der Waals surface area contributed by atoms with E-state index in [2.05, 4.69) is 10.6 Å². The molecule has 0 aromatic heterocycles. The van der Waals surface area contributed by atoms with Crippen LogP contribution in [0.4, 0.5) is 0 Å². The lowest BCUT2D eigenvalue weighted by Gasteiger charge is -2.33.